The van der Waals surface area contributed by atoms with E-state index in [-0.39, 0.29) is 28.6 Å². The Hall–Kier alpha value is -6.89. The first-order chi connectivity index (χ1) is 31.4. The molecule has 4 amide bonds. The van der Waals surface area contributed by atoms with Gasteiger partial charge in [-0.05, 0) is 63.6 Å². The molecule has 66 heavy (non-hydrogen) atoms. The average molecular weight is 933 g/mol. The molecule has 3 heterocycles. The Labute approximate surface area is 384 Å². The number of rotatable bonds is 13. The second kappa shape index (κ2) is 17.8. The van der Waals surface area contributed by atoms with Crippen molar-refractivity contribution in [2.45, 2.75) is 74.4 Å². The van der Waals surface area contributed by atoms with Crippen molar-refractivity contribution in [2.24, 2.45) is 11.7 Å². The van der Waals surface area contributed by atoms with Gasteiger partial charge in [-0.1, -0.05) is 78.3 Å². The van der Waals surface area contributed by atoms with Crippen LogP contribution in [0.5, 0.6) is 11.5 Å². The van der Waals surface area contributed by atoms with Gasteiger partial charge in [-0.2, -0.15) is 4.31 Å². The maximum atomic E-state index is 15.3. The summed E-state index contributed by atoms with van der Waals surface area (Å²) < 4.78 is 49.0. The van der Waals surface area contributed by atoms with E-state index in [0.29, 0.717) is 38.2 Å². The maximum absolute atomic E-state index is 15.3. The predicted octanol–water partition coefficient (Wildman–Crippen LogP) is 5.88. The largest absolute Gasteiger partial charge is 0.497 e. The van der Waals surface area contributed by atoms with Crippen molar-refractivity contribution in [3.8, 4) is 22.8 Å². The van der Waals surface area contributed by atoms with Crippen LogP contribution in [0.15, 0.2) is 132 Å². The fourth-order valence-electron chi connectivity index (χ4n) is 8.03. The summed E-state index contributed by atoms with van der Waals surface area (Å²) in [7, 11) is -3.42. The Kier molecular flexibility index (Phi) is 12.3. The normalized spacial score (nSPS) is 19.8. The highest BCUT2D eigenvalue weighted by atomic mass is 32.2. The number of nitrogens with two attached hydrogens (primary N) is 1. The van der Waals surface area contributed by atoms with Crippen molar-refractivity contribution >= 4 is 66.4 Å². The number of fused-ring (bicyclic) bond motifs is 2. The summed E-state index contributed by atoms with van der Waals surface area (Å²) in [4.78, 5) is 77.8. The molecule has 4 aromatic carbocycles. The molecule has 1 aliphatic heterocycles. The highest BCUT2D eigenvalue weighted by Gasteiger charge is 2.61. The molecule has 1 saturated heterocycles. The van der Waals surface area contributed by atoms with E-state index in [1.54, 1.807) is 75.4 Å². The van der Waals surface area contributed by atoms with Gasteiger partial charge < -0.3 is 30.2 Å². The number of imide groups is 1. The first kappa shape index (κ1) is 45.7. The summed E-state index contributed by atoms with van der Waals surface area (Å²) >= 11 is 1.07. The number of nitrogens with zero attached hydrogens (tertiary/aromatic N) is 4. The minimum absolute atomic E-state index is 0.0257. The molecule has 1 saturated carbocycles. The minimum atomic E-state index is -4.95. The summed E-state index contributed by atoms with van der Waals surface area (Å²) in [5.41, 5.74) is 5.13. The van der Waals surface area contributed by atoms with Gasteiger partial charge in [0.25, 0.3) is 27.4 Å². The zero-order valence-electron chi connectivity index (χ0n) is 36.6. The number of hydrogen-bond donors (Lipinski definition) is 2. The van der Waals surface area contributed by atoms with E-state index in [2.05, 4.69) is 11.9 Å². The van der Waals surface area contributed by atoms with Crippen LogP contribution in [0.1, 0.15) is 33.6 Å². The lowest BCUT2D eigenvalue weighted by molar-refractivity contribution is -0.147. The van der Waals surface area contributed by atoms with Crippen LogP contribution in [0.2, 0.25) is 0 Å². The fraction of sp³-hybridized carbons (Fsp3) is 0.292. The summed E-state index contributed by atoms with van der Waals surface area (Å²) in [6.07, 6.45) is -0.873. The molecule has 8 rings (SSSR count). The molecule has 2 aliphatic rings. The van der Waals surface area contributed by atoms with E-state index in [9.17, 15) is 22.8 Å². The topological polar surface area (TPSA) is 210 Å². The van der Waals surface area contributed by atoms with Gasteiger partial charge in [0.15, 0.2) is 0 Å². The molecule has 342 valence electrons. The molecule has 0 bridgehead atoms. The number of nitrogens with one attached hydrogen (secondary N) is 1. The molecular formula is C48H48N6O10S2. The molecule has 3 N–H and O–H groups in total. The Morgan fingerprint density at radius 3 is 2.32 bits per heavy atom. The number of carbonyl (C=O) groups is 4. The SMILES string of the molecule is C=C[C@@H]1C[C@]1(N)C(=O)N(C(=O)[C@@H]1CC(Oc2cc(-c3ccccc3)nc3cc(OC)ccc23)CN1C(=O)[C@H](Cn1sc2ccccc2c1=O)NC(=O)OC(C)(C)C)S(=O)(=O)c1ccccc1. The van der Waals surface area contributed by atoms with Crippen LogP contribution in [0, 0.1) is 5.92 Å². The first-order valence-electron chi connectivity index (χ1n) is 21.1. The van der Waals surface area contributed by atoms with E-state index in [0.717, 1.165) is 22.0 Å². The van der Waals surface area contributed by atoms with Gasteiger partial charge in [-0.15, -0.1) is 6.58 Å². The van der Waals surface area contributed by atoms with Crippen LogP contribution >= 0.6 is 11.5 Å². The van der Waals surface area contributed by atoms with Crippen molar-refractivity contribution in [2.75, 3.05) is 13.7 Å². The van der Waals surface area contributed by atoms with Gasteiger partial charge in [0.2, 0.25) is 5.91 Å². The molecule has 1 unspecified atom stereocenters. The number of hydrogen-bond acceptors (Lipinski definition) is 13. The number of aromatic nitrogens is 2. The number of benzene rings is 4. The van der Waals surface area contributed by atoms with Crippen molar-refractivity contribution in [3.05, 3.63) is 132 Å². The third-order valence-electron chi connectivity index (χ3n) is 11.5. The lowest BCUT2D eigenvalue weighted by atomic mass is 10.1. The van der Waals surface area contributed by atoms with E-state index in [1.807, 2.05) is 30.3 Å². The first-order valence-corrected chi connectivity index (χ1v) is 23.3. The zero-order valence-corrected chi connectivity index (χ0v) is 38.2. The summed E-state index contributed by atoms with van der Waals surface area (Å²) in [5.74, 6) is -3.13. The Morgan fingerprint density at radius 1 is 0.985 bits per heavy atom. The van der Waals surface area contributed by atoms with Crippen molar-refractivity contribution in [3.63, 3.8) is 0 Å². The lowest BCUT2D eigenvalue weighted by Gasteiger charge is -2.32. The second-order valence-corrected chi connectivity index (χ2v) is 20.1. The van der Waals surface area contributed by atoms with Gasteiger partial charge in [0, 0.05) is 35.4 Å². The highest BCUT2D eigenvalue weighted by Crippen LogP contribution is 2.45. The van der Waals surface area contributed by atoms with Crippen molar-refractivity contribution < 1.29 is 41.8 Å². The smallest absolute Gasteiger partial charge is 0.408 e. The number of alkyl carbamates (subject to hydrolysis) is 1. The third kappa shape index (κ3) is 9.03. The number of likely N-dealkylation sites (tertiary alicyclic amines) is 1. The highest BCUT2D eigenvalue weighted by molar-refractivity contribution is 7.90. The molecule has 1 aliphatic carbocycles. The van der Waals surface area contributed by atoms with Crippen molar-refractivity contribution in [1.82, 2.24) is 23.5 Å². The lowest BCUT2D eigenvalue weighted by Crippen LogP contribution is -2.59. The molecule has 0 spiro atoms. The number of sulfonamides is 1. The Bertz CT molecular complexity index is 3040. The second-order valence-electron chi connectivity index (χ2n) is 17.2. The molecule has 16 nitrogen and oxygen atoms in total. The van der Waals surface area contributed by atoms with Crippen LogP contribution in [-0.2, 0) is 35.7 Å². The van der Waals surface area contributed by atoms with Gasteiger partial charge in [-0.3, -0.25) is 23.1 Å². The molecular weight excluding hydrogens is 885 g/mol. The summed E-state index contributed by atoms with van der Waals surface area (Å²) in [6, 6.07) is 26.9. The standard InChI is InChI=1S/C48H48N6O10S2/c1-6-30-26-48(30,49)45(58)54(66(60,61)33-17-11-8-12-18-33)44(57)39-24-32(63-40-25-36(29-15-9-7-10-16-29)50-37-23-31(62-5)21-22-34(37)40)27-52(39)43(56)38(51-46(59)64-47(2,3)4)28-53-42(55)35-19-13-14-20-41(35)65-53/h6-23,25,30,32,38-39H,1,24,26-28,49H2,2-5H3,(H,51,59)/t30-,32?,38+,39+,48-/m1/s1. The average Bonchev–Trinajstić information content (AvgIpc) is 3.64. The van der Waals surface area contributed by atoms with E-state index >= 15 is 9.59 Å². The molecule has 6 aromatic rings. The van der Waals surface area contributed by atoms with Crippen LogP contribution in [0.3, 0.4) is 0 Å². The van der Waals surface area contributed by atoms with Crippen LogP contribution in [0.4, 0.5) is 4.79 Å². The summed E-state index contributed by atoms with van der Waals surface area (Å²) in [5, 5.41) is 3.56. The molecule has 2 aromatic heterocycles. The van der Waals surface area contributed by atoms with Gasteiger partial charge in [0.05, 0.1) is 46.4 Å². The van der Waals surface area contributed by atoms with Gasteiger partial charge in [0.1, 0.15) is 40.8 Å². The minimum Gasteiger partial charge on any atom is -0.497 e. The zero-order chi connectivity index (χ0) is 47.1. The van der Waals surface area contributed by atoms with Crippen LogP contribution in [0.25, 0.3) is 32.2 Å². The number of ether oxygens (including phenoxy) is 3. The van der Waals surface area contributed by atoms with E-state index in [4.69, 9.17) is 24.9 Å². The monoisotopic (exact) mass is 932 g/mol. The Morgan fingerprint density at radius 2 is 1.67 bits per heavy atom. The fourth-order valence-corrected chi connectivity index (χ4v) is 10.5. The van der Waals surface area contributed by atoms with Gasteiger partial charge in [-0.25, -0.2) is 18.2 Å². The quantitative estimate of drug-likeness (QED) is 0.103. The molecule has 2 fully saturated rings. The number of methoxy groups -OCH3 is 1. The van der Waals surface area contributed by atoms with Crippen molar-refractivity contribution in [1.29, 1.82) is 0 Å². The Balaban J connectivity index is 1.24. The van der Waals surface area contributed by atoms with Crippen LogP contribution < -0.4 is 26.1 Å². The predicted molar refractivity (Wildman–Crippen MR) is 248 cm³/mol. The summed E-state index contributed by atoms with van der Waals surface area (Å²) in [6.45, 7) is 7.92. The third-order valence-corrected chi connectivity index (χ3v) is 14.3. The van der Waals surface area contributed by atoms with Crippen LogP contribution in [-0.4, -0.2) is 93.4 Å². The van der Waals surface area contributed by atoms with Gasteiger partial charge >= 0.3 is 6.09 Å². The number of pyridine rings is 1. The van der Waals surface area contributed by atoms with E-state index < -0.39 is 81.2 Å². The number of amides is 4. The number of carbonyl (C=O) groups excluding carboxylic acids is 4. The maximum Gasteiger partial charge on any atom is 0.408 e. The molecule has 18 heteroatoms. The molecule has 0 radical (unpaired) electrons. The molecule has 5 atom stereocenters. The van der Waals surface area contributed by atoms with E-state index in [1.165, 1.54) is 41.4 Å².